The molecule has 24 heavy (non-hydrogen) atoms. The van der Waals surface area contributed by atoms with E-state index in [0.29, 0.717) is 17.7 Å². The lowest BCUT2D eigenvalue weighted by Crippen LogP contribution is -2.04. The van der Waals surface area contributed by atoms with Crippen molar-refractivity contribution in [3.8, 4) is 23.3 Å². The van der Waals surface area contributed by atoms with Gasteiger partial charge in [0.2, 0.25) is 0 Å². The van der Waals surface area contributed by atoms with E-state index in [4.69, 9.17) is 5.26 Å². The molecule has 0 bridgehead atoms. The van der Waals surface area contributed by atoms with E-state index >= 15 is 0 Å². The summed E-state index contributed by atoms with van der Waals surface area (Å²) in [4.78, 5) is 0. The zero-order valence-electron chi connectivity index (χ0n) is 13.9. The lowest BCUT2D eigenvalue weighted by atomic mass is 10.0. The predicted molar refractivity (Wildman–Crippen MR) is 91.2 cm³/mol. The Hall–Kier alpha value is -3.31. The summed E-state index contributed by atoms with van der Waals surface area (Å²) in [5.74, 6) is 0. The Morgan fingerprint density at radius 3 is 2.29 bits per heavy atom. The van der Waals surface area contributed by atoms with Gasteiger partial charge in [-0.1, -0.05) is 12.1 Å². The minimum atomic E-state index is 0.609. The van der Waals surface area contributed by atoms with Crippen LogP contribution in [-0.4, -0.2) is 14.8 Å². The van der Waals surface area contributed by atoms with Crippen molar-refractivity contribution in [2.45, 2.75) is 27.3 Å². The van der Waals surface area contributed by atoms with E-state index in [9.17, 15) is 5.26 Å². The standard InChI is InChI=1S/C19H17N5/c1-12-8-17(23-22-12)11-24-13(2)18(10-21)19(14(24)3)16-6-4-15(9-20)5-7-16/h4-8H,11H2,1-3H3,(H,22,23). The molecule has 0 aliphatic rings. The first kappa shape index (κ1) is 15.6. The molecule has 5 nitrogen and oxygen atoms in total. The first-order chi connectivity index (χ1) is 11.5. The molecule has 0 aliphatic heterocycles. The van der Waals surface area contributed by atoms with Crippen LogP contribution in [0.3, 0.4) is 0 Å². The van der Waals surface area contributed by atoms with Crippen LogP contribution in [-0.2, 0) is 6.54 Å². The van der Waals surface area contributed by atoms with E-state index in [1.807, 2.05) is 39.0 Å². The Morgan fingerprint density at radius 1 is 1.04 bits per heavy atom. The van der Waals surface area contributed by atoms with Crippen molar-refractivity contribution in [2.24, 2.45) is 0 Å². The smallest absolute Gasteiger partial charge is 0.102 e. The molecule has 0 radical (unpaired) electrons. The van der Waals surface area contributed by atoms with Crippen LogP contribution in [0.5, 0.6) is 0 Å². The summed E-state index contributed by atoms with van der Waals surface area (Å²) in [5.41, 5.74) is 7.05. The number of aromatic amines is 1. The fourth-order valence-electron chi connectivity index (χ4n) is 3.04. The molecular weight excluding hydrogens is 298 g/mol. The third-order valence-corrected chi connectivity index (χ3v) is 4.28. The normalized spacial score (nSPS) is 10.4. The second-order valence-corrected chi connectivity index (χ2v) is 5.85. The molecule has 2 aromatic heterocycles. The number of aryl methyl sites for hydroxylation is 1. The van der Waals surface area contributed by atoms with Crippen molar-refractivity contribution >= 4 is 0 Å². The summed E-state index contributed by atoms with van der Waals surface area (Å²) >= 11 is 0. The van der Waals surface area contributed by atoms with E-state index in [0.717, 1.165) is 33.9 Å². The highest BCUT2D eigenvalue weighted by Crippen LogP contribution is 2.32. The van der Waals surface area contributed by atoms with Crippen LogP contribution in [0.25, 0.3) is 11.1 Å². The Morgan fingerprint density at radius 2 is 1.75 bits per heavy atom. The number of rotatable bonds is 3. The summed E-state index contributed by atoms with van der Waals surface area (Å²) in [6, 6.07) is 13.8. The number of nitrogens with one attached hydrogen (secondary N) is 1. The van der Waals surface area contributed by atoms with Gasteiger partial charge in [0.25, 0.3) is 0 Å². The predicted octanol–water partition coefficient (Wildman–Crippen LogP) is 3.60. The molecule has 5 heteroatoms. The highest BCUT2D eigenvalue weighted by molar-refractivity contribution is 5.75. The van der Waals surface area contributed by atoms with Crippen molar-refractivity contribution in [2.75, 3.05) is 0 Å². The Balaban J connectivity index is 2.11. The highest BCUT2D eigenvalue weighted by atomic mass is 15.1. The van der Waals surface area contributed by atoms with Gasteiger partial charge in [-0.2, -0.15) is 15.6 Å². The molecule has 2 heterocycles. The van der Waals surface area contributed by atoms with Crippen molar-refractivity contribution in [1.82, 2.24) is 14.8 Å². The number of nitrogens with zero attached hydrogens (tertiary/aromatic N) is 4. The number of aromatic nitrogens is 3. The van der Waals surface area contributed by atoms with Crippen molar-refractivity contribution in [3.63, 3.8) is 0 Å². The molecule has 0 aliphatic carbocycles. The van der Waals surface area contributed by atoms with Crippen molar-refractivity contribution < 1.29 is 0 Å². The topological polar surface area (TPSA) is 81.2 Å². The lowest BCUT2D eigenvalue weighted by Gasteiger charge is -2.08. The van der Waals surface area contributed by atoms with E-state index in [1.54, 1.807) is 12.1 Å². The van der Waals surface area contributed by atoms with Gasteiger partial charge in [-0.05, 0) is 44.5 Å². The van der Waals surface area contributed by atoms with Crippen LogP contribution in [0.15, 0.2) is 30.3 Å². The molecule has 0 saturated carbocycles. The fraction of sp³-hybridized carbons (Fsp3) is 0.211. The Labute approximate surface area is 140 Å². The number of benzene rings is 1. The monoisotopic (exact) mass is 315 g/mol. The SMILES string of the molecule is Cc1cc(Cn2c(C)c(C#N)c(-c3ccc(C#N)cc3)c2C)n[nH]1. The maximum Gasteiger partial charge on any atom is 0.102 e. The van der Waals surface area contributed by atoms with Crippen LogP contribution < -0.4 is 0 Å². The first-order valence-electron chi connectivity index (χ1n) is 7.66. The molecule has 0 fully saturated rings. The van der Waals surface area contributed by atoms with E-state index in [2.05, 4.69) is 26.9 Å². The number of hydrogen-bond donors (Lipinski definition) is 1. The van der Waals surface area contributed by atoms with Crippen LogP contribution in [0, 0.1) is 43.4 Å². The molecule has 0 spiro atoms. The Kier molecular flexibility index (Phi) is 3.93. The summed E-state index contributed by atoms with van der Waals surface area (Å²) in [7, 11) is 0. The van der Waals surface area contributed by atoms with Crippen LogP contribution in [0.1, 0.15) is 33.9 Å². The zero-order chi connectivity index (χ0) is 17.3. The summed E-state index contributed by atoms with van der Waals surface area (Å²) in [6.07, 6.45) is 0. The largest absolute Gasteiger partial charge is 0.341 e. The van der Waals surface area contributed by atoms with Gasteiger partial charge in [0.15, 0.2) is 0 Å². The highest BCUT2D eigenvalue weighted by Gasteiger charge is 2.19. The summed E-state index contributed by atoms with van der Waals surface area (Å²) < 4.78 is 2.11. The van der Waals surface area contributed by atoms with Crippen LogP contribution in [0.2, 0.25) is 0 Å². The van der Waals surface area contributed by atoms with Crippen molar-refractivity contribution in [3.05, 3.63) is 64.2 Å². The van der Waals surface area contributed by atoms with Crippen LogP contribution in [0.4, 0.5) is 0 Å². The maximum atomic E-state index is 9.63. The van der Waals surface area contributed by atoms with Gasteiger partial charge >= 0.3 is 0 Å². The summed E-state index contributed by atoms with van der Waals surface area (Å²) in [6.45, 7) is 6.56. The number of hydrogen-bond acceptors (Lipinski definition) is 3. The lowest BCUT2D eigenvalue weighted by molar-refractivity contribution is 0.726. The summed E-state index contributed by atoms with van der Waals surface area (Å²) in [5, 5.41) is 25.8. The van der Waals surface area contributed by atoms with Gasteiger partial charge in [-0.3, -0.25) is 5.10 Å². The molecule has 3 aromatic rings. The third-order valence-electron chi connectivity index (χ3n) is 4.28. The second-order valence-electron chi connectivity index (χ2n) is 5.85. The fourth-order valence-corrected chi connectivity index (χ4v) is 3.04. The molecule has 0 amide bonds. The van der Waals surface area contributed by atoms with Gasteiger partial charge in [-0.25, -0.2) is 0 Å². The van der Waals surface area contributed by atoms with Crippen molar-refractivity contribution in [1.29, 1.82) is 10.5 Å². The Bertz CT molecular complexity index is 975. The number of nitriles is 2. The van der Waals surface area contributed by atoms with Gasteiger partial charge < -0.3 is 4.57 Å². The molecule has 0 atom stereocenters. The van der Waals surface area contributed by atoms with Gasteiger partial charge in [0, 0.05) is 22.6 Å². The van der Waals surface area contributed by atoms with E-state index in [-0.39, 0.29) is 0 Å². The molecule has 0 unspecified atom stereocenters. The van der Waals surface area contributed by atoms with E-state index < -0.39 is 0 Å². The first-order valence-corrected chi connectivity index (χ1v) is 7.66. The number of H-pyrrole nitrogens is 1. The quantitative estimate of drug-likeness (QED) is 0.802. The average Bonchev–Trinajstić information content (AvgIpc) is 3.10. The minimum absolute atomic E-state index is 0.609. The molecular formula is C19H17N5. The molecule has 0 saturated heterocycles. The van der Waals surface area contributed by atoms with E-state index in [1.165, 1.54) is 0 Å². The molecule has 3 rings (SSSR count). The third kappa shape index (κ3) is 2.57. The van der Waals surface area contributed by atoms with Crippen LogP contribution >= 0.6 is 0 Å². The van der Waals surface area contributed by atoms with Gasteiger partial charge in [-0.15, -0.1) is 0 Å². The average molecular weight is 315 g/mol. The molecule has 118 valence electrons. The zero-order valence-corrected chi connectivity index (χ0v) is 13.9. The molecule has 1 N–H and O–H groups in total. The maximum absolute atomic E-state index is 9.63. The van der Waals surface area contributed by atoms with Gasteiger partial charge in [0.05, 0.1) is 29.4 Å². The second kappa shape index (κ2) is 6.06. The van der Waals surface area contributed by atoms with Gasteiger partial charge in [0.1, 0.15) is 6.07 Å². The minimum Gasteiger partial charge on any atom is -0.341 e. The molecule has 1 aromatic carbocycles.